The van der Waals surface area contributed by atoms with E-state index in [2.05, 4.69) is 18.9 Å². The zero-order valence-electron chi connectivity index (χ0n) is 12.4. The maximum atomic E-state index is 10.9. The van der Waals surface area contributed by atoms with Gasteiger partial charge in [0.15, 0.2) is 11.4 Å². The molecular weight excluding hydrogens is 360 g/mol. The highest BCUT2D eigenvalue weighted by Gasteiger charge is 2.11. The molecule has 0 bridgehead atoms. The molecule has 0 radical (unpaired) electrons. The van der Waals surface area contributed by atoms with Crippen LogP contribution in [0.25, 0.3) is 0 Å². The summed E-state index contributed by atoms with van der Waals surface area (Å²) in [6, 6.07) is 8.78. The fourth-order valence-electron chi connectivity index (χ4n) is 1.30. The zero-order valence-corrected chi connectivity index (χ0v) is 14.0. The molecule has 0 heterocycles. The molecule has 24 heavy (non-hydrogen) atoms. The van der Waals surface area contributed by atoms with Crippen molar-refractivity contribution in [2.75, 3.05) is 12.5 Å². The number of nitrogens with zero attached hydrogens (tertiary/aromatic N) is 4. The van der Waals surface area contributed by atoms with E-state index >= 15 is 0 Å². The predicted molar refractivity (Wildman–Crippen MR) is 82.6 cm³/mol. The first-order valence-electron chi connectivity index (χ1n) is 5.90. The molecule has 0 unspecified atom stereocenters. The monoisotopic (exact) mass is 370 g/mol. The van der Waals surface area contributed by atoms with Gasteiger partial charge in [0.2, 0.25) is 0 Å². The van der Waals surface area contributed by atoms with Gasteiger partial charge in [-0.3, -0.25) is 8.57 Å². The summed E-state index contributed by atoms with van der Waals surface area (Å²) in [4.78, 5) is 0. The third-order valence-electron chi connectivity index (χ3n) is 2.15. The van der Waals surface area contributed by atoms with Crippen LogP contribution in [0.3, 0.4) is 0 Å². The lowest BCUT2D eigenvalue weighted by atomic mass is 10.0. The molecule has 0 spiro atoms. The van der Waals surface area contributed by atoms with Crippen molar-refractivity contribution in [2.24, 2.45) is 10.3 Å². The smallest absolute Gasteiger partial charge is 0.267 e. The molecule has 0 aliphatic heterocycles. The minimum atomic E-state index is -3.89. The second-order valence-electron chi connectivity index (χ2n) is 4.24. The van der Waals surface area contributed by atoms with Crippen molar-refractivity contribution in [3.05, 3.63) is 35.4 Å². The summed E-state index contributed by atoms with van der Waals surface area (Å²) >= 11 is 0. The lowest BCUT2D eigenvalue weighted by Gasteiger charge is -2.02. The third kappa shape index (κ3) is 6.43. The quantitative estimate of drug-likeness (QED) is 0.503. The molecule has 0 saturated heterocycles. The molecule has 1 aromatic rings. The summed E-state index contributed by atoms with van der Waals surface area (Å²) in [6.07, 6.45) is 1.51. The van der Waals surface area contributed by atoms with E-state index in [1.54, 1.807) is 12.1 Å². The van der Waals surface area contributed by atoms with E-state index in [0.29, 0.717) is 0 Å². The van der Waals surface area contributed by atoms with Gasteiger partial charge in [-0.25, -0.2) is 0 Å². The third-order valence-corrected chi connectivity index (χ3v) is 2.84. The first kappa shape index (κ1) is 19.1. The standard InChI is InChI=1S/C12H10N4O6S2/c1-23(17,18)21-15-11(7-13)9-4-3-5-10(6-9)12(8-14)16-22-24(2,19)20/h3-6H,1-2H3/b15-11-,16-12-. The highest BCUT2D eigenvalue weighted by molar-refractivity contribution is 7.86. The first-order chi connectivity index (χ1) is 11.1. The first-order valence-corrected chi connectivity index (χ1v) is 9.53. The van der Waals surface area contributed by atoms with Crippen molar-refractivity contribution >= 4 is 31.7 Å². The fourth-order valence-corrected chi connectivity index (χ4v) is 1.72. The van der Waals surface area contributed by atoms with Gasteiger partial charge in [-0.2, -0.15) is 27.4 Å². The van der Waals surface area contributed by atoms with Gasteiger partial charge in [0.05, 0.1) is 12.5 Å². The Morgan fingerprint density at radius 3 is 1.58 bits per heavy atom. The van der Waals surface area contributed by atoms with Crippen LogP contribution in [0.2, 0.25) is 0 Å². The van der Waals surface area contributed by atoms with Gasteiger partial charge in [0, 0.05) is 11.1 Å². The van der Waals surface area contributed by atoms with Crippen LogP contribution in [0.15, 0.2) is 34.6 Å². The summed E-state index contributed by atoms with van der Waals surface area (Å²) in [5.41, 5.74) is -0.492. The van der Waals surface area contributed by atoms with Gasteiger partial charge in [0.1, 0.15) is 12.1 Å². The van der Waals surface area contributed by atoms with Crippen LogP contribution in [0.5, 0.6) is 0 Å². The normalized spacial score (nSPS) is 12.8. The molecule has 10 nitrogen and oxygen atoms in total. The predicted octanol–water partition coefficient (Wildman–Crippen LogP) is 0.0944. The van der Waals surface area contributed by atoms with Crippen molar-refractivity contribution < 1.29 is 25.4 Å². The molecule has 0 atom stereocenters. The molecule has 126 valence electrons. The zero-order chi connectivity index (χ0) is 18.4. The summed E-state index contributed by atoms with van der Waals surface area (Å²) in [5, 5.41) is 24.5. The second-order valence-corrected chi connectivity index (χ2v) is 7.36. The lowest BCUT2D eigenvalue weighted by molar-refractivity contribution is 0.343. The Morgan fingerprint density at radius 2 is 1.29 bits per heavy atom. The maximum Gasteiger partial charge on any atom is 0.325 e. The average Bonchev–Trinajstić information content (AvgIpc) is 2.47. The number of nitriles is 2. The van der Waals surface area contributed by atoms with Crippen molar-refractivity contribution in [2.45, 2.75) is 0 Å². The van der Waals surface area contributed by atoms with Crippen molar-refractivity contribution in [3.8, 4) is 12.1 Å². The van der Waals surface area contributed by atoms with E-state index in [1.165, 1.54) is 24.3 Å². The maximum absolute atomic E-state index is 10.9. The van der Waals surface area contributed by atoms with Gasteiger partial charge in [-0.15, -0.1) is 0 Å². The van der Waals surface area contributed by atoms with Crippen LogP contribution in [0, 0.1) is 22.7 Å². The van der Waals surface area contributed by atoms with E-state index in [0.717, 1.165) is 12.5 Å². The number of hydrogen-bond acceptors (Lipinski definition) is 10. The Bertz CT molecular complexity index is 904. The van der Waals surface area contributed by atoms with Crippen molar-refractivity contribution in [1.82, 2.24) is 0 Å². The molecule has 1 rings (SSSR count). The van der Waals surface area contributed by atoms with Gasteiger partial charge >= 0.3 is 20.2 Å². The lowest BCUT2D eigenvalue weighted by Crippen LogP contribution is -2.06. The average molecular weight is 370 g/mol. The molecule has 0 saturated carbocycles. The Labute approximate surface area is 138 Å². The molecule has 0 fully saturated rings. The summed E-state index contributed by atoms with van der Waals surface area (Å²) < 4.78 is 52.0. The SMILES string of the molecule is CS(=O)(=O)O/N=C(/C#N)c1cccc(/C(C#N)=N\OS(C)(=O)=O)c1. The van der Waals surface area contributed by atoms with E-state index in [1.807, 2.05) is 0 Å². The molecule has 0 amide bonds. The summed E-state index contributed by atoms with van der Waals surface area (Å²) in [6.45, 7) is 0. The van der Waals surface area contributed by atoms with Crippen molar-refractivity contribution in [3.63, 3.8) is 0 Å². The Balaban J connectivity index is 3.26. The number of hydrogen-bond donors (Lipinski definition) is 0. The van der Waals surface area contributed by atoms with Crippen LogP contribution in [0.1, 0.15) is 11.1 Å². The Kier molecular flexibility index (Phi) is 6.00. The van der Waals surface area contributed by atoms with Crippen molar-refractivity contribution in [1.29, 1.82) is 10.5 Å². The summed E-state index contributed by atoms with van der Waals surface area (Å²) in [5.74, 6) is 0. The highest BCUT2D eigenvalue weighted by atomic mass is 32.2. The van der Waals surface area contributed by atoms with Gasteiger partial charge in [-0.1, -0.05) is 28.5 Å². The molecular formula is C12H10N4O6S2. The summed E-state index contributed by atoms with van der Waals surface area (Å²) in [7, 11) is -7.79. The van der Waals surface area contributed by atoms with Crippen LogP contribution < -0.4 is 0 Å². The number of benzene rings is 1. The minimum Gasteiger partial charge on any atom is -0.267 e. The number of oxime groups is 2. The Morgan fingerprint density at radius 1 is 0.917 bits per heavy atom. The molecule has 0 N–H and O–H groups in total. The van der Waals surface area contributed by atoms with Gasteiger partial charge in [0.25, 0.3) is 0 Å². The van der Waals surface area contributed by atoms with Gasteiger partial charge in [-0.05, 0) is 6.07 Å². The largest absolute Gasteiger partial charge is 0.325 e. The van der Waals surface area contributed by atoms with E-state index < -0.39 is 20.2 Å². The van der Waals surface area contributed by atoms with Crippen LogP contribution in [0.4, 0.5) is 0 Å². The van der Waals surface area contributed by atoms with E-state index in [4.69, 9.17) is 10.5 Å². The van der Waals surface area contributed by atoms with E-state index in [9.17, 15) is 16.8 Å². The van der Waals surface area contributed by atoms with Gasteiger partial charge < -0.3 is 0 Å². The molecule has 12 heteroatoms. The van der Waals surface area contributed by atoms with Crippen LogP contribution in [-0.2, 0) is 28.8 Å². The highest BCUT2D eigenvalue weighted by Crippen LogP contribution is 2.09. The second kappa shape index (κ2) is 7.54. The molecule has 0 aliphatic carbocycles. The fraction of sp³-hybridized carbons (Fsp3) is 0.167. The minimum absolute atomic E-state index is 0.126. The Hall–Kier alpha value is -2.96. The molecule has 1 aromatic carbocycles. The van der Waals surface area contributed by atoms with Crippen LogP contribution >= 0.6 is 0 Å². The molecule has 0 aliphatic rings. The molecule has 0 aromatic heterocycles. The topological polar surface area (TPSA) is 159 Å². The van der Waals surface area contributed by atoms with Crippen LogP contribution in [-0.4, -0.2) is 40.8 Å². The number of rotatable bonds is 6. The van der Waals surface area contributed by atoms with E-state index in [-0.39, 0.29) is 22.6 Å².